The van der Waals surface area contributed by atoms with Crippen molar-refractivity contribution in [3.05, 3.63) is 157 Å². The number of nitrogens with zero attached hydrogens (tertiary/aromatic N) is 3. The van der Waals surface area contributed by atoms with Gasteiger partial charge in [0.2, 0.25) is 0 Å². The van der Waals surface area contributed by atoms with E-state index in [0.29, 0.717) is 5.56 Å². The van der Waals surface area contributed by atoms with E-state index in [1.54, 1.807) is 0 Å². The molecule has 0 N–H and O–H groups in total. The van der Waals surface area contributed by atoms with Crippen molar-refractivity contribution in [3.63, 3.8) is 0 Å². The van der Waals surface area contributed by atoms with Crippen LogP contribution in [-0.4, -0.2) is 9.13 Å². The number of furan rings is 1. The van der Waals surface area contributed by atoms with Crippen LogP contribution in [0, 0.1) is 11.3 Å². The average molecular weight is 600 g/mol. The molecule has 0 unspecified atom stereocenters. The monoisotopic (exact) mass is 599 g/mol. The summed E-state index contributed by atoms with van der Waals surface area (Å²) in [7, 11) is 0. The number of benzene rings is 7. The molecule has 47 heavy (non-hydrogen) atoms. The number of hydrogen-bond acceptors (Lipinski definition) is 2. The Kier molecular flexibility index (Phi) is 5.32. The van der Waals surface area contributed by atoms with Crippen molar-refractivity contribution in [2.75, 3.05) is 0 Å². The van der Waals surface area contributed by atoms with Gasteiger partial charge in [-0.05, 0) is 83.9 Å². The van der Waals surface area contributed by atoms with Crippen molar-refractivity contribution >= 4 is 65.6 Å². The molecule has 0 aliphatic carbocycles. The fourth-order valence-electron chi connectivity index (χ4n) is 7.44. The molecule has 0 spiro atoms. The number of para-hydroxylation sites is 4. The van der Waals surface area contributed by atoms with Crippen molar-refractivity contribution in [3.8, 4) is 28.6 Å². The highest BCUT2D eigenvalue weighted by molar-refractivity contribution is 6.14. The molecule has 0 radical (unpaired) electrons. The zero-order valence-corrected chi connectivity index (χ0v) is 25.2. The molecule has 0 saturated heterocycles. The lowest BCUT2D eigenvalue weighted by atomic mass is 10.0. The molecule has 4 heteroatoms. The van der Waals surface area contributed by atoms with Gasteiger partial charge in [0.1, 0.15) is 5.58 Å². The quantitative estimate of drug-likeness (QED) is 0.203. The Morgan fingerprint density at radius 2 is 1.00 bits per heavy atom. The minimum atomic E-state index is 0.655. The van der Waals surface area contributed by atoms with Crippen LogP contribution in [0.5, 0.6) is 0 Å². The summed E-state index contributed by atoms with van der Waals surface area (Å²) in [5, 5.41) is 16.4. The van der Waals surface area contributed by atoms with Gasteiger partial charge in [-0.15, -0.1) is 0 Å². The van der Waals surface area contributed by atoms with Crippen molar-refractivity contribution < 1.29 is 4.42 Å². The lowest BCUT2D eigenvalue weighted by Gasteiger charge is -2.10. The lowest BCUT2D eigenvalue weighted by Crippen LogP contribution is -1.94. The molecule has 0 bridgehead atoms. The van der Waals surface area contributed by atoms with E-state index in [0.717, 1.165) is 55.4 Å². The third-order valence-corrected chi connectivity index (χ3v) is 9.56. The maximum absolute atomic E-state index is 9.33. The lowest BCUT2D eigenvalue weighted by molar-refractivity contribution is 0.666. The second kappa shape index (κ2) is 9.71. The number of hydrogen-bond donors (Lipinski definition) is 0. The van der Waals surface area contributed by atoms with E-state index in [9.17, 15) is 5.26 Å². The van der Waals surface area contributed by atoms with Gasteiger partial charge in [0.15, 0.2) is 5.58 Å². The fourth-order valence-corrected chi connectivity index (χ4v) is 7.44. The summed E-state index contributed by atoms with van der Waals surface area (Å²) in [5.41, 5.74) is 11.4. The van der Waals surface area contributed by atoms with E-state index < -0.39 is 0 Å². The maximum Gasteiger partial charge on any atom is 0.159 e. The maximum atomic E-state index is 9.33. The van der Waals surface area contributed by atoms with Crippen LogP contribution in [0.3, 0.4) is 0 Å². The molecule has 0 aliphatic heterocycles. The van der Waals surface area contributed by atoms with Gasteiger partial charge in [0.05, 0.1) is 39.4 Å². The summed E-state index contributed by atoms with van der Waals surface area (Å²) < 4.78 is 11.1. The summed E-state index contributed by atoms with van der Waals surface area (Å²) in [6, 6.07) is 55.4. The first-order valence-electron chi connectivity index (χ1n) is 15.7. The van der Waals surface area contributed by atoms with E-state index in [-0.39, 0.29) is 0 Å². The molecule has 4 nitrogen and oxygen atoms in total. The number of aromatic nitrogens is 2. The molecule has 0 atom stereocenters. The highest BCUT2D eigenvalue weighted by Crippen LogP contribution is 2.40. The third kappa shape index (κ3) is 3.69. The van der Waals surface area contributed by atoms with Gasteiger partial charge in [0.25, 0.3) is 0 Å². The standard InChI is InChI=1S/C43H25N3O/c44-26-27-16-20-30(21-17-27)45-37-12-4-1-8-31(37)35-24-28(18-22-39(35)45)29-19-23-40-36(25-29)32-9-2-5-13-38(32)46(40)41-14-7-11-34-33-10-3-6-15-42(33)47-43(34)41/h1-25H. The van der Waals surface area contributed by atoms with Crippen LogP contribution in [0.25, 0.3) is 88.1 Å². The number of rotatable bonds is 3. The van der Waals surface area contributed by atoms with E-state index in [2.05, 4.69) is 130 Å². The molecular formula is C43H25N3O. The van der Waals surface area contributed by atoms with Gasteiger partial charge >= 0.3 is 0 Å². The van der Waals surface area contributed by atoms with E-state index >= 15 is 0 Å². The third-order valence-electron chi connectivity index (χ3n) is 9.56. The summed E-state index contributed by atoms with van der Waals surface area (Å²) in [6.45, 7) is 0. The molecule has 218 valence electrons. The Morgan fingerprint density at radius 1 is 0.447 bits per heavy atom. The molecule has 0 fully saturated rings. The van der Waals surface area contributed by atoms with Crippen LogP contribution in [0.15, 0.2) is 156 Å². The SMILES string of the molecule is N#Cc1ccc(-n2c3ccccc3c3cc(-c4ccc5c(c4)c4ccccc4n5-c4cccc5c4oc4ccccc45)ccc32)cc1. The van der Waals surface area contributed by atoms with Gasteiger partial charge in [-0.3, -0.25) is 0 Å². The average Bonchev–Trinajstić information content (AvgIpc) is 3.79. The predicted molar refractivity (Wildman–Crippen MR) is 193 cm³/mol. The molecule has 7 aromatic carbocycles. The Morgan fingerprint density at radius 3 is 1.68 bits per heavy atom. The molecule has 0 saturated carbocycles. The molecule has 3 aromatic heterocycles. The van der Waals surface area contributed by atoms with Crippen LogP contribution in [0.2, 0.25) is 0 Å². The van der Waals surface area contributed by atoms with Gasteiger partial charge in [-0.25, -0.2) is 0 Å². The van der Waals surface area contributed by atoms with E-state index in [1.165, 1.54) is 32.7 Å². The van der Waals surface area contributed by atoms with E-state index in [4.69, 9.17) is 4.42 Å². The van der Waals surface area contributed by atoms with Gasteiger partial charge < -0.3 is 13.6 Å². The Bertz CT molecular complexity index is 2910. The van der Waals surface area contributed by atoms with Gasteiger partial charge in [0, 0.05) is 38.0 Å². The van der Waals surface area contributed by atoms with Crippen molar-refractivity contribution in [1.29, 1.82) is 5.26 Å². The minimum absolute atomic E-state index is 0.655. The largest absolute Gasteiger partial charge is 0.454 e. The van der Waals surface area contributed by atoms with Gasteiger partial charge in [-0.1, -0.05) is 78.9 Å². The Hall–Kier alpha value is -6.57. The highest BCUT2D eigenvalue weighted by atomic mass is 16.3. The van der Waals surface area contributed by atoms with Crippen LogP contribution in [0.1, 0.15) is 5.56 Å². The highest BCUT2D eigenvalue weighted by Gasteiger charge is 2.19. The summed E-state index contributed by atoms with van der Waals surface area (Å²) in [6.07, 6.45) is 0. The Balaban J connectivity index is 1.18. The second-order valence-corrected chi connectivity index (χ2v) is 12.1. The summed E-state index contributed by atoms with van der Waals surface area (Å²) >= 11 is 0. The first-order chi connectivity index (χ1) is 23.3. The summed E-state index contributed by atoms with van der Waals surface area (Å²) in [5.74, 6) is 0. The Labute approximate surface area is 269 Å². The number of nitriles is 1. The van der Waals surface area contributed by atoms with Crippen LogP contribution >= 0.6 is 0 Å². The predicted octanol–water partition coefficient (Wildman–Crippen LogP) is 11.3. The summed E-state index contributed by atoms with van der Waals surface area (Å²) in [4.78, 5) is 0. The molecule has 10 aromatic rings. The smallest absolute Gasteiger partial charge is 0.159 e. The van der Waals surface area contributed by atoms with E-state index in [1.807, 2.05) is 36.4 Å². The molecule has 3 heterocycles. The van der Waals surface area contributed by atoms with Crippen molar-refractivity contribution in [2.24, 2.45) is 0 Å². The zero-order valence-electron chi connectivity index (χ0n) is 25.2. The van der Waals surface area contributed by atoms with Crippen molar-refractivity contribution in [2.45, 2.75) is 0 Å². The minimum Gasteiger partial charge on any atom is -0.454 e. The zero-order chi connectivity index (χ0) is 31.1. The first-order valence-corrected chi connectivity index (χ1v) is 15.7. The fraction of sp³-hybridized carbons (Fsp3) is 0. The first kappa shape index (κ1) is 25.7. The second-order valence-electron chi connectivity index (χ2n) is 12.1. The molecular weight excluding hydrogens is 574 g/mol. The molecule has 10 rings (SSSR count). The van der Waals surface area contributed by atoms with Crippen molar-refractivity contribution in [1.82, 2.24) is 9.13 Å². The van der Waals surface area contributed by atoms with Crippen LogP contribution in [-0.2, 0) is 0 Å². The van der Waals surface area contributed by atoms with Crippen LogP contribution < -0.4 is 0 Å². The van der Waals surface area contributed by atoms with Crippen LogP contribution in [0.4, 0.5) is 0 Å². The molecule has 0 aliphatic rings. The molecule has 0 amide bonds. The topological polar surface area (TPSA) is 46.8 Å². The number of fused-ring (bicyclic) bond motifs is 9. The van der Waals surface area contributed by atoms with Gasteiger partial charge in [-0.2, -0.15) is 5.26 Å². The normalized spacial score (nSPS) is 11.8.